The van der Waals surface area contributed by atoms with E-state index >= 15 is 0 Å². The highest BCUT2D eigenvalue weighted by Gasteiger charge is 2.34. The van der Waals surface area contributed by atoms with Gasteiger partial charge in [0.2, 0.25) is 0 Å². The second-order valence-corrected chi connectivity index (χ2v) is 4.86. The summed E-state index contributed by atoms with van der Waals surface area (Å²) in [5.41, 5.74) is 6.36. The molecule has 4 heteroatoms. The van der Waals surface area contributed by atoms with Gasteiger partial charge in [-0.2, -0.15) is 0 Å². The van der Waals surface area contributed by atoms with Crippen molar-refractivity contribution in [1.29, 1.82) is 0 Å². The van der Waals surface area contributed by atoms with Crippen LogP contribution >= 0.6 is 11.6 Å². The number of halogens is 2. The van der Waals surface area contributed by atoms with Gasteiger partial charge in [0.1, 0.15) is 5.82 Å². The van der Waals surface area contributed by atoms with Crippen molar-refractivity contribution < 1.29 is 4.39 Å². The fourth-order valence-corrected chi connectivity index (χ4v) is 2.68. The summed E-state index contributed by atoms with van der Waals surface area (Å²) in [6, 6.07) is 5.24. The predicted octanol–water partition coefficient (Wildman–Crippen LogP) is 2.96. The molecule has 1 aliphatic rings. The van der Waals surface area contributed by atoms with E-state index in [4.69, 9.17) is 17.3 Å². The first-order valence-corrected chi connectivity index (χ1v) is 6.46. The Bertz CT molecular complexity index is 373. The smallest absolute Gasteiger partial charge is 0.129 e. The molecule has 0 aliphatic heterocycles. The molecule has 0 spiro atoms. The zero-order valence-corrected chi connectivity index (χ0v) is 10.8. The fraction of sp³-hybridized carbons (Fsp3) is 0.538. The van der Waals surface area contributed by atoms with Gasteiger partial charge in [-0.1, -0.05) is 24.6 Å². The van der Waals surface area contributed by atoms with Gasteiger partial charge in [0.15, 0.2) is 0 Å². The molecule has 1 aliphatic carbocycles. The molecule has 1 unspecified atom stereocenters. The highest BCUT2D eigenvalue weighted by Crippen LogP contribution is 2.36. The van der Waals surface area contributed by atoms with Crippen LogP contribution in [0.2, 0.25) is 5.02 Å². The summed E-state index contributed by atoms with van der Waals surface area (Å²) in [6.45, 7) is 3.35. The topological polar surface area (TPSA) is 29.3 Å². The van der Waals surface area contributed by atoms with Crippen molar-refractivity contribution in [3.63, 3.8) is 0 Å². The molecule has 94 valence electrons. The van der Waals surface area contributed by atoms with E-state index < -0.39 is 0 Å². The minimum absolute atomic E-state index is 0.110. The van der Waals surface area contributed by atoms with Crippen LogP contribution in [0, 0.1) is 5.82 Å². The van der Waals surface area contributed by atoms with E-state index in [2.05, 4.69) is 11.8 Å². The van der Waals surface area contributed by atoms with Crippen molar-refractivity contribution in [2.45, 2.75) is 31.8 Å². The van der Waals surface area contributed by atoms with Crippen LogP contribution in [0.5, 0.6) is 0 Å². The highest BCUT2D eigenvalue weighted by atomic mass is 35.5. The number of rotatable bonds is 5. The third kappa shape index (κ3) is 2.62. The van der Waals surface area contributed by atoms with Crippen molar-refractivity contribution in [3.05, 3.63) is 34.6 Å². The van der Waals surface area contributed by atoms with E-state index in [1.165, 1.54) is 18.9 Å². The lowest BCUT2D eigenvalue weighted by Crippen LogP contribution is -2.36. The van der Waals surface area contributed by atoms with Gasteiger partial charge in [-0.15, -0.1) is 0 Å². The maximum atomic E-state index is 13.9. The standard InChI is InChI=1S/C13H18ClFN2/c1-2-17(9-6-7-9)12(8-16)13-10(14)4-3-5-11(13)15/h3-5,9,12H,2,6-8,16H2,1H3. The average Bonchev–Trinajstić information content (AvgIpc) is 3.11. The Morgan fingerprint density at radius 3 is 2.71 bits per heavy atom. The zero-order chi connectivity index (χ0) is 12.4. The molecule has 0 bridgehead atoms. The molecule has 2 nitrogen and oxygen atoms in total. The number of hydrogen-bond donors (Lipinski definition) is 1. The van der Waals surface area contributed by atoms with E-state index in [9.17, 15) is 4.39 Å². The van der Waals surface area contributed by atoms with E-state index in [-0.39, 0.29) is 11.9 Å². The number of nitrogens with zero attached hydrogens (tertiary/aromatic N) is 1. The van der Waals surface area contributed by atoms with Crippen LogP contribution in [-0.4, -0.2) is 24.0 Å². The maximum Gasteiger partial charge on any atom is 0.129 e. The van der Waals surface area contributed by atoms with Crippen LogP contribution in [0.4, 0.5) is 4.39 Å². The second-order valence-electron chi connectivity index (χ2n) is 4.45. The van der Waals surface area contributed by atoms with E-state index in [1.807, 2.05) is 0 Å². The Labute approximate surface area is 107 Å². The monoisotopic (exact) mass is 256 g/mol. The fourth-order valence-electron chi connectivity index (χ4n) is 2.39. The van der Waals surface area contributed by atoms with Gasteiger partial charge < -0.3 is 5.73 Å². The van der Waals surface area contributed by atoms with Gasteiger partial charge in [-0.3, -0.25) is 4.90 Å². The molecular formula is C13H18ClFN2. The molecule has 1 aromatic rings. The predicted molar refractivity (Wildman–Crippen MR) is 68.6 cm³/mol. The molecule has 1 aromatic carbocycles. The maximum absolute atomic E-state index is 13.9. The van der Waals surface area contributed by atoms with Crippen molar-refractivity contribution in [3.8, 4) is 0 Å². The van der Waals surface area contributed by atoms with Crippen LogP contribution < -0.4 is 5.73 Å². The van der Waals surface area contributed by atoms with Crippen molar-refractivity contribution >= 4 is 11.6 Å². The molecule has 2 rings (SSSR count). The summed E-state index contributed by atoms with van der Waals surface area (Å²) >= 11 is 6.11. The number of hydrogen-bond acceptors (Lipinski definition) is 2. The Hall–Kier alpha value is -0.640. The quantitative estimate of drug-likeness (QED) is 0.878. The normalized spacial score (nSPS) is 17.5. The van der Waals surface area contributed by atoms with Gasteiger partial charge in [0.05, 0.1) is 6.04 Å². The summed E-state index contributed by atoms with van der Waals surface area (Å²) in [4.78, 5) is 2.25. The molecule has 0 aromatic heterocycles. The van der Waals surface area contributed by atoms with Crippen LogP contribution in [0.3, 0.4) is 0 Å². The molecular weight excluding hydrogens is 239 g/mol. The molecule has 0 heterocycles. The highest BCUT2D eigenvalue weighted by molar-refractivity contribution is 6.31. The van der Waals surface area contributed by atoms with Gasteiger partial charge in [-0.05, 0) is 31.5 Å². The Balaban J connectivity index is 2.33. The molecule has 0 radical (unpaired) electrons. The van der Waals surface area contributed by atoms with Crippen LogP contribution in [-0.2, 0) is 0 Å². The minimum Gasteiger partial charge on any atom is -0.329 e. The Morgan fingerprint density at radius 1 is 1.53 bits per heavy atom. The number of nitrogens with two attached hydrogens (primary N) is 1. The SMILES string of the molecule is CCN(C1CC1)C(CN)c1c(F)cccc1Cl. The molecule has 1 atom stereocenters. The summed E-state index contributed by atoms with van der Waals surface area (Å²) in [5, 5.41) is 0.472. The molecule has 0 saturated heterocycles. The van der Waals surface area contributed by atoms with Crippen molar-refractivity contribution in [2.75, 3.05) is 13.1 Å². The Morgan fingerprint density at radius 2 is 2.24 bits per heavy atom. The van der Waals surface area contributed by atoms with Crippen molar-refractivity contribution in [1.82, 2.24) is 4.90 Å². The minimum atomic E-state index is -0.257. The zero-order valence-electron chi connectivity index (χ0n) is 10.00. The van der Waals surface area contributed by atoms with Crippen LogP contribution in [0.1, 0.15) is 31.4 Å². The first-order chi connectivity index (χ1) is 8.19. The summed E-state index contributed by atoms with van der Waals surface area (Å²) in [5.74, 6) is -0.257. The molecule has 0 amide bonds. The van der Waals surface area contributed by atoms with Gasteiger partial charge in [0, 0.05) is 23.2 Å². The summed E-state index contributed by atoms with van der Waals surface area (Å²) in [7, 11) is 0. The molecule has 2 N–H and O–H groups in total. The molecule has 1 saturated carbocycles. The van der Waals surface area contributed by atoms with Gasteiger partial charge in [-0.25, -0.2) is 4.39 Å². The lowest BCUT2D eigenvalue weighted by atomic mass is 10.0. The van der Waals surface area contributed by atoms with Crippen LogP contribution in [0.25, 0.3) is 0 Å². The lowest BCUT2D eigenvalue weighted by molar-refractivity contribution is 0.198. The average molecular weight is 257 g/mol. The summed E-state index contributed by atoms with van der Waals surface area (Å²) in [6.07, 6.45) is 2.35. The van der Waals surface area contributed by atoms with Crippen molar-refractivity contribution in [2.24, 2.45) is 5.73 Å². The largest absolute Gasteiger partial charge is 0.329 e. The third-order valence-corrected chi connectivity index (χ3v) is 3.67. The molecule has 1 fully saturated rings. The number of likely N-dealkylation sites (N-methyl/N-ethyl adjacent to an activating group) is 1. The Kier molecular flexibility index (Phi) is 4.02. The number of benzene rings is 1. The first kappa shape index (κ1) is 12.8. The lowest BCUT2D eigenvalue weighted by Gasteiger charge is -2.31. The van der Waals surface area contributed by atoms with Gasteiger partial charge in [0.25, 0.3) is 0 Å². The van der Waals surface area contributed by atoms with Crippen LogP contribution in [0.15, 0.2) is 18.2 Å². The molecule has 17 heavy (non-hydrogen) atoms. The van der Waals surface area contributed by atoms with E-state index in [0.29, 0.717) is 23.2 Å². The third-order valence-electron chi connectivity index (χ3n) is 3.34. The van der Waals surface area contributed by atoms with E-state index in [0.717, 1.165) is 6.54 Å². The first-order valence-electron chi connectivity index (χ1n) is 6.08. The van der Waals surface area contributed by atoms with E-state index in [1.54, 1.807) is 12.1 Å². The second kappa shape index (κ2) is 5.34. The summed E-state index contributed by atoms with van der Waals surface area (Å²) < 4.78 is 13.9. The van der Waals surface area contributed by atoms with Gasteiger partial charge >= 0.3 is 0 Å².